The van der Waals surface area contributed by atoms with Gasteiger partial charge < -0.3 is 15.0 Å². The van der Waals surface area contributed by atoms with Gasteiger partial charge in [0.2, 0.25) is 0 Å². The van der Waals surface area contributed by atoms with Gasteiger partial charge >= 0.3 is 0 Å². The number of aldehydes is 2. The first-order valence-electron chi connectivity index (χ1n) is 14.4. The van der Waals surface area contributed by atoms with Gasteiger partial charge in [-0.2, -0.15) is 0 Å². The SMILES string of the molecule is CCCCc1c(C(=O)Cc2[nH]c(CC(=O)c3[nH]c(C=O)c(C)c3CCCC)c(CC)c2CC)[nH]c(C=O)c1C. The fraction of sp³-hybridized carbons (Fsp3) is 0.500. The molecule has 0 amide bonds. The third kappa shape index (κ3) is 6.23. The molecular formula is C32H43N3O4. The van der Waals surface area contributed by atoms with Crippen molar-refractivity contribution in [2.24, 2.45) is 0 Å². The van der Waals surface area contributed by atoms with Gasteiger partial charge in [0.15, 0.2) is 24.1 Å². The Hall–Kier alpha value is -3.48. The highest BCUT2D eigenvalue weighted by Gasteiger charge is 2.25. The number of H-pyrrole nitrogens is 3. The molecule has 3 rings (SSSR count). The van der Waals surface area contributed by atoms with Crippen molar-refractivity contribution in [2.75, 3.05) is 0 Å². The summed E-state index contributed by atoms with van der Waals surface area (Å²) in [5, 5.41) is 0. The summed E-state index contributed by atoms with van der Waals surface area (Å²) in [6.45, 7) is 12.1. The molecule has 3 aromatic heterocycles. The minimum Gasteiger partial charge on any atom is -0.361 e. The van der Waals surface area contributed by atoms with Crippen LogP contribution in [0.1, 0.15) is 140 Å². The first-order chi connectivity index (χ1) is 18.8. The molecule has 3 N–H and O–H groups in total. The van der Waals surface area contributed by atoms with Crippen LogP contribution in [0.4, 0.5) is 0 Å². The van der Waals surface area contributed by atoms with E-state index in [2.05, 4.69) is 42.6 Å². The Labute approximate surface area is 231 Å². The minimum absolute atomic E-state index is 0.0637. The molecule has 0 spiro atoms. The zero-order chi connectivity index (χ0) is 28.7. The Balaban J connectivity index is 1.95. The smallest absolute Gasteiger partial charge is 0.185 e. The second kappa shape index (κ2) is 13.5. The van der Waals surface area contributed by atoms with Gasteiger partial charge in [-0.15, -0.1) is 0 Å². The monoisotopic (exact) mass is 533 g/mol. The van der Waals surface area contributed by atoms with Crippen LogP contribution in [0, 0.1) is 13.8 Å². The number of hydrogen-bond acceptors (Lipinski definition) is 4. The number of Topliss-reactive ketones (excluding diaryl/α,β-unsaturated/α-hetero) is 2. The van der Waals surface area contributed by atoms with Crippen molar-refractivity contribution in [1.29, 1.82) is 0 Å². The molecule has 0 unspecified atom stereocenters. The van der Waals surface area contributed by atoms with Crippen molar-refractivity contribution in [3.8, 4) is 0 Å². The maximum absolute atomic E-state index is 13.5. The highest BCUT2D eigenvalue weighted by Crippen LogP contribution is 2.27. The molecule has 0 atom stereocenters. The van der Waals surface area contributed by atoms with Gasteiger partial charge in [-0.25, -0.2) is 0 Å². The van der Waals surface area contributed by atoms with Crippen LogP contribution in [0.25, 0.3) is 0 Å². The van der Waals surface area contributed by atoms with Crippen LogP contribution in [0.3, 0.4) is 0 Å². The van der Waals surface area contributed by atoms with Gasteiger partial charge in [0.05, 0.1) is 35.6 Å². The lowest BCUT2D eigenvalue weighted by molar-refractivity contribution is 0.0980. The van der Waals surface area contributed by atoms with Crippen molar-refractivity contribution >= 4 is 24.1 Å². The molecule has 0 fully saturated rings. The molecule has 0 radical (unpaired) electrons. The standard InChI is InChI=1S/C32H43N3O4/c1-7-11-13-23-19(5)27(17-36)34-31(23)29(38)15-25-21(9-3)22(10-4)26(33-25)16-30(39)32-24(14-12-8-2)20(6)28(18-37)35-32/h17-18,33-35H,7-16H2,1-6H3. The fourth-order valence-corrected chi connectivity index (χ4v) is 5.70. The van der Waals surface area contributed by atoms with Crippen LogP contribution in [-0.2, 0) is 38.5 Å². The summed E-state index contributed by atoms with van der Waals surface area (Å²) >= 11 is 0. The molecule has 0 saturated heterocycles. The topological polar surface area (TPSA) is 116 Å². The summed E-state index contributed by atoms with van der Waals surface area (Å²) in [7, 11) is 0. The summed E-state index contributed by atoms with van der Waals surface area (Å²) in [6, 6.07) is 0. The molecule has 0 aromatic carbocycles. The third-order valence-electron chi connectivity index (χ3n) is 7.97. The number of aromatic nitrogens is 3. The number of carbonyl (C=O) groups excluding carboxylic acids is 4. The van der Waals surface area contributed by atoms with Gasteiger partial charge in [0, 0.05) is 11.4 Å². The Morgan fingerprint density at radius 3 is 1.31 bits per heavy atom. The normalized spacial score (nSPS) is 11.2. The second-order valence-electron chi connectivity index (χ2n) is 10.4. The van der Waals surface area contributed by atoms with Crippen molar-refractivity contribution in [3.05, 3.63) is 67.5 Å². The molecule has 0 aliphatic heterocycles. The van der Waals surface area contributed by atoms with Crippen LogP contribution in [0.2, 0.25) is 0 Å². The zero-order valence-corrected chi connectivity index (χ0v) is 24.4. The average molecular weight is 534 g/mol. The summed E-state index contributed by atoms with van der Waals surface area (Å²) < 4.78 is 0. The molecule has 3 aromatic rings. The maximum atomic E-state index is 13.5. The number of rotatable bonds is 16. The van der Waals surface area contributed by atoms with E-state index in [1.807, 2.05) is 13.8 Å². The number of nitrogens with one attached hydrogen (secondary N) is 3. The Kier molecular flexibility index (Phi) is 10.4. The largest absolute Gasteiger partial charge is 0.361 e. The maximum Gasteiger partial charge on any atom is 0.185 e. The average Bonchev–Trinajstić information content (AvgIpc) is 3.55. The number of unbranched alkanes of at least 4 members (excludes halogenated alkanes) is 2. The van der Waals surface area contributed by atoms with Crippen molar-refractivity contribution in [3.63, 3.8) is 0 Å². The van der Waals surface area contributed by atoms with E-state index in [0.29, 0.717) is 22.8 Å². The van der Waals surface area contributed by atoms with Gasteiger partial charge in [0.25, 0.3) is 0 Å². The van der Waals surface area contributed by atoms with E-state index in [4.69, 9.17) is 0 Å². The molecule has 3 heterocycles. The lowest BCUT2D eigenvalue weighted by atomic mass is 9.96. The van der Waals surface area contributed by atoms with E-state index >= 15 is 0 Å². The minimum atomic E-state index is -0.0637. The Bertz CT molecular complexity index is 1250. The number of aromatic amines is 3. The van der Waals surface area contributed by atoms with Crippen LogP contribution in [-0.4, -0.2) is 39.1 Å². The van der Waals surface area contributed by atoms with E-state index in [-0.39, 0.29) is 24.4 Å². The number of ketones is 2. The van der Waals surface area contributed by atoms with Gasteiger partial charge in [-0.1, -0.05) is 40.5 Å². The number of hydrogen-bond donors (Lipinski definition) is 3. The van der Waals surface area contributed by atoms with Crippen LogP contribution in [0.5, 0.6) is 0 Å². The first-order valence-corrected chi connectivity index (χ1v) is 14.4. The zero-order valence-electron chi connectivity index (χ0n) is 24.4. The fourth-order valence-electron chi connectivity index (χ4n) is 5.70. The van der Waals surface area contributed by atoms with Crippen molar-refractivity contribution < 1.29 is 19.2 Å². The van der Waals surface area contributed by atoms with Gasteiger partial charge in [0.1, 0.15) is 0 Å². The van der Waals surface area contributed by atoms with Crippen LogP contribution < -0.4 is 0 Å². The molecule has 0 aliphatic carbocycles. The summed E-state index contributed by atoms with van der Waals surface area (Å²) in [6.07, 6.45) is 8.74. The van der Waals surface area contributed by atoms with E-state index in [0.717, 1.165) is 109 Å². The summed E-state index contributed by atoms with van der Waals surface area (Å²) in [4.78, 5) is 59.8. The molecule has 0 saturated carbocycles. The third-order valence-corrected chi connectivity index (χ3v) is 7.97. The van der Waals surface area contributed by atoms with Crippen molar-refractivity contribution in [2.45, 2.75) is 106 Å². The van der Waals surface area contributed by atoms with Gasteiger partial charge in [-0.05, 0) is 85.8 Å². The molecule has 7 nitrogen and oxygen atoms in total. The lowest BCUT2D eigenvalue weighted by Gasteiger charge is -2.06. The van der Waals surface area contributed by atoms with E-state index in [1.165, 1.54) is 0 Å². The summed E-state index contributed by atoms with van der Waals surface area (Å²) in [5.74, 6) is -0.127. The number of carbonyl (C=O) groups is 4. The predicted molar refractivity (Wildman–Crippen MR) is 155 cm³/mol. The molecule has 39 heavy (non-hydrogen) atoms. The van der Waals surface area contributed by atoms with E-state index in [1.54, 1.807) is 0 Å². The summed E-state index contributed by atoms with van der Waals surface area (Å²) in [5.41, 5.74) is 9.29. The van der Waals surface area contributed by atoms with E-state index < -0.39 is 0 Å². The lowest BCUT2D eigenvalue weighted by Crippen LogP contribution is -2.10. The Morgan fingerprint density at radius 1 is 0.615 bits per heavy atom. The Morgan fingerprint density at radius 2 is 1.00 bits per heavy atom. The molecule has 210 valence electrons. The quantitative estimate of drug-likeness (QED) is 0.143. The molecule has 7 heteroatoms. The van der Waals surface area contributed by atoms with Crippen LogP contribution in [0.15, 0.2) is 0 Å². The van der Waals surface area contributed by atoms with Gasteiger partial charge in [-0.3, -0.25) is 19.2 Å². The van der Waals surface area contributed by atoms with Crippen LogP contribution >= 0.6 is 0 Å². The highest BCUT2D eigenvalue weighted by molar-refractivity contribution is 6.00. The van der Waals surface area contributed by atoms with Crippen molar-refractivity contribution in [1.82, 2.24) is 15.0 Å². The first kappa shape index (κ1) is 30.1. The highest BCUT2D eigenvalue weighted by atomic mass is 16.1. The molecule has 0 aliphatic rings. The molecular weight excluding hydrogens is 490 g/mol. The second-order valence-corrected chi connectivity index (χ2v) is 10.4. The molecule has 0 bridgehead atoms. The van der Waals surface area contributed by atoms with E-state index in [9.17, 15) is 19.2 Å². The predicted octanol–water partition coefficient (Wildman–Crippen LogP) is 6.57.